The van der Waals surface area contributed by atoms with E-state index in [1.54, 1.807) is 25.1 Å². The lowest BCUT2D eigenvalue weighted by Gasteiger charge is -2.33. The number of halogens is 4. The standard InChI is InChI=1S/C24H29Cl4N3O4S/c1-4-6-9-29-24(33)22(5-2)30(14-16-7-8-20(27)21(28)10-16)23(32)15-31(36(3,34)35)19-12-17(25)11-18(26)13-19/h7-8,10-13,22H,4-6,9,14-15H2,1-3H3,(H,29,33). The molecule has 198 valence electrons. The van der Waals surface area contributed by atoms with Gasteiger partial charge in [-0.1, -0.05) is 72.7 Å². The van der Waals surface area contributed by atoms with Crippen molar-refractivity contribution < 1.29 is 18.0 Å². The quantitative estimate of drug-likeness (QED) is 0.314. The zero-order valence-electron chi connectivity index (χ0n) is 20.2. The number of carbonyl (C=O) groups excluding carboxylic acids is 2. The second-order valence-corrected chi connectivity index (χ2v) is 11.8. The molecule has 0 fully saturated rings. The van der Waals surface area contributed by atoms with Gasteiger partial charge in [-0.15, -0.1) is 0 Å². The van der Waals surface area contributed by atoms with E-state index in [0.717, 1.165) is 23.4 Å². The summed E-state index contributed by atoms with van der Waals surface area (Å²) in [6, 6.07) is 8.33. The van der Waals surface area contributed by atoms with Crippen molar-refractivity contribution in [3.8, 4) is 0 Å². The Labute approximate surface area is 232 Å². The van der Waals surface area contributed by atoms with Crippen LogP contribution < -0.4 is 9.62 Å². The van der Waals surface area contributed by atoms with Gasteiger partial charge in [0.25, 0.3) is 0 Å². The number of nitrogens with one attached hydrogen (secondary N) is 1. The van der Waals surface area contributed by atoms with Gasteiger partial charge in [-0.25, -0.2) is 8.42 Å². The molecule has 2 aromatic carbocycles. The minimum Gasteiger partial charge on any atom is -0.354 e. The molecule has 2 aromatic rings. The van der Waals surface area contributed by atoms with Gasteiger partial charge in [0.05, 0.1) is 22.0 Å². The third kappa shape index (κ3) is 8.70. The van der Waals surface area contributed by atoms with Crippen molar-refractivity contribution in [2.24, 2.45) is 0 Å². The molecule has 12 heteroatoms. The maximum absolute atomic E-state index is 13.6. The Kier molecular flexibility index (Phi) is 11.6. The van der Waals surface area contributed by atoms with E-state index in [4.69, 9.17) is 46.4 Å². The van der Waals surface area contributed by atoms with Gasteiger partial charge < -0.3 is 10.2 Å². The first-order valence-corrected chi connectivity index (χ1v) is 14.7. The molecule has 0 radical (unpaired) electrons. The Hall–Kier alpha value is -1.71. The van der Waals surface area contributed by atoms with Gasteiger partial charge in [0.2, 0.25) is 21.8 Å². The van der Waals surface area contributed by atoms with Crippen LogP contribution >= 0.6 is 46.4 Å². The van der Waals surface area contributed by atoms with Crippen molar-refractivity contribution >= 4 is 73.9 Å². The zero-order valence-corrected chi connectivity index (χ0v) is 24.1. The number of anilines is 1. The number of amides is 2. The number of benzene rings is 2. The van der Waals surface area contributed by atoms with E-state index in [2.05, 4.69) is 5.32 Å². The molecule has 0 bridgehead atoms. The number of unbranched alkanes of at least 4 members (excludes halogenated alkanes) is 1. The lowest BCUT2D eigenvalue weighted by Crippen LogP contribution is -2.52. The second kappa shape index (κ2) is 13.7. The lowest BCUT2D eigenvalue weighted by atomic mass is 10.1. The Morgan fingerprint density at radius 2 is 1.61 bits per heavy atom. The lowest BCUT2D eigenvalue weighted by molar-refractivity contribution is -0.140. The first-order chi connectivity index (χ1) is 16.9. The van der Waals surface area contributed by atoms with Gasteiger partial charge in [0.15, 0.2) is 0 Å². The van der Waals surface area contributed by atoms with Crippen LogP contribution in [0.1, 0.15) is 38.7 Å². The number of nitrogens with zero attached hydrogens (tertiary/aromatic N) is 2. The first-order valence-electron chi connectivity index (χ1n) is 11.3. The van der Waals surface area contributed by atoms with Crippen molar-refractivity contribution in [3.63, 3.8) is 0 Å². The first kappa shape index (κ1) is 30.5. The molecule has 7 nitrogen and oxygen atoms in total. The topological polar surface area (TPSA) is 86.8 Å². The highest BCUT2D eigenvalue weighted by Gasteiger charge is 2.32. The number of sulfonamides is 1. The van der Waals surface area contributed by atoms with E-state index in [0.29, 0.717) is 28.6 Å². The number of hydrogen-bond acceptors (Lipinski definition) is 4. The molecule has 0 saturated carbocycles. The fourth-order valence-corrected chi connectivity index (χ4v) is 5.23. The Balaban J connectivity index is 2.46. The SMILES string of the molecule is CCCCNC(=O)C(CC)N(Cc1ccc(Cl)c(Cl)c1)C(=O)CN(c1cc(Cl)cc(Cl)c1)S(C)(=O)=O. The van der Waals surface area contributed by atoms with Crippen LogP contribution in [0.5, 0.6) is 0 Å². The highest BCUT2D eigenvalue weighted by molar-refractivity contribution is 7.92. The fourth-order valence-electron chi connectivity index (χ4n) is 3.56. The van der Waals surface area contributed by atoms with Crippen molar-refractivity contribution in [2.45, 2.75) is 45.7 Å². The molecular formula is C24H29Cl4N3O4S. The van der Waals surface area contributed by atoms with Crippen LogP contribution in [-0.2, 0) is 26.2 Å². The summed E-state index contributed by atoms with van der Waals surface area (Å²) in [4.78, 5) is 28.0. The molecule has 36 heavy (non-hydrogen) atoms. The molecule has 2 amide bonds. The van der Waals surface area contributed by atoms with Crippen LogP contribution in [0.2, 0.25) is 20.1 Å². The molecule has 1 atom stereocenters. The Bertz CT molecular complexity index is 1170. The summed E-state index contributed by atoms with van der Waals surface area (Å²) in [7, 11) is -3.91. The van der Waals surface area contributed by atoms with Crippen molar-refractivity contribution in [1.29, 1.82) is 0 Å². The number of hydrogen-bond donors (Lipinski definition) is 1. The minimum absolute atomic E-state index is 0.0172. The zero-order chi connectivity index (χ0) is 27.0. The largest absolute Gasteiger partial charge is 0.354 e. The molecule has 0 saturated heterocycles. The van der Waals surface area contributed by atoms with Gasteiger partial charge >= 0.3 is 0 Å². The average Bonchev–Trinajstić information content (AvgIpc) is 2.78. The predicted molar refractivity (Wildman–Crippen MR) is 148 cm³/mol. The highest BCUT2D eigenvalue weighted by atomic mass is 35.5. The summed E-state index contributed by atoms with van der Waals surface area (Å²) in [5.41, 5.74) is 0.771. The third-order valence-corrected chi connectivity index (χ3v) is 7.68. The van der Waals surface area contributed by atoms with Crippen LogP contribution in [0.15, 0.2) is 36.4 Å². The van der Waals surface area contributed by atoms with E-state index < -0.39 is 28.5 Å². The maximum atomic E-state index is 13.6. The molecule has 2 rings (SSSR count). The Morgan fingerprint density at radius 3 is 2.14 bits per heavy atom. The molecule has 0 heterocycles. The van der Waals surface area contributed by atoms with Crippen LogP contribution in [0.25, 0.3) is 0 Å². The summed E-state index contributed by atoms with van der Waals surface area (Å²) in [6.45, 7) is 3.71. The van der Waals surface area contributed by atoms with Gasteiger partial charge in [-0.2, -0.15) is 0 Å². The van der Waals surface area contributed by atoms with E-state index in [9.17, 15) is 18.0 Å². The average molecular weight is 597 g/mol. The van der Waals surface area contributed by atoms with E-state index in [-0.39, 0.29) is 28.2 Å². The number of carbonyl (C=O) groups is 2. The molecule has 0 aromatic heterocycles. The van der Waals surface area contributed by atoms with Gasteiger partial charge in [-0.3, -0.25) is 13.9 Å². The molecule has 1 N–H and O–H groups in total. The van der Waals surface area contributed by atoms with Gasteiger partial charge in [0, 0.05) is 23.1 Å². The summed E-state index contributed by atoms with van der Waals surface area (Å²) in [5, 5.41) is 3.94. The summed E-state index contributed by atoms with van der Waals surface area (Å²) < 4.78 is 26.2. The van der Waals surface area contributed by atoms with Gasteiger partial charge in [0.1, 0.15) is 12.6 Å². The Morgan fingerprint density at radius 1 is 0.972 bits per heavy atom. The van der Waals surface area contributed by atoms with Gasteiger partial charge in [-0.05, 0) is 48.7 Å². The van der Waals surface area contributed by atoms with Crippen molar-refractivity contribution in [2.75, 3.05) is 23.7 Å². The molecule has 0 aliphatic rings. The summed E-state index contributed by atoms with van der Waals surface area (Å²) in [6.07, 6.45) is 2.98. The van der Waals surface area contributed by atoms with Crippen LogP contribution in [0.3, 0.4) is 0 Å². The van der Waals surface area contributed by atoms with E-state index in [1.807, 2.05) is 6.92 Å². The smallest absolute Gasteiger partial charge is 0.244 e. The predicted octanol–water partition coefficient (Wildman–Crippen LogP) is 5.79. The monoisotopic (exact) mass is 595 g/mol. The van der Waals surface area contributed by atoms with E-state index in [1.165, 1.54) is 23.1 Å². The summed E-state index contributed by atoms with van der Waals surface area (Å²) >= 11 is 24.3. The van der Waals surface area contributed by atoms with Crippen LogP contribution in [0, 0.1) is 0 Å². The van der Waals surface area contributed by atoms with Crippen molar-refractivity contribution in [1.82, 2.24) is 10.2 Å². The minimum atomic E-state index is -3.91. The normalized spacial score (nSPS) is 12.2. The van der Waals surface area contributed by atoms with Crippen LogP contribution in [0.4, 0.5) is 5.69 Å². The third-order valence-electron chi connectivity index (χ3n) is 5.37. The second-order valence-electron chi connectivity index (χ2n) is 8.24. The van der Waals surface area contributed by atoms with Crippen molar-refractivity contribution in [3.05, 3.63) is 62.1 Å². The highest BCUT2D eigenvalue weighted by Crippen LogP contribution is 2.28. The molecule has 1 unspecified atom stereocenters. The fraction of sp³-hybridized carbons (Fsp3) is 0.417. The molecule has 0 spiro atoms. The molecular weight excluding hydrogens is 568 g/mol. The molecule has 0 aliphatic heterocycles. The number of rotatable bonds is 12. The maximum Gasteiger partial charge on any atom is 0.244 e. The molecule has 0 aliphatic carbocycles. The van der Waals surface area contributed by atoms with Crippen LogP contribution in [-0.4, -0.2) is 50.5 Å². The van der Waals surface area contributed by atoms with E-state index >= 15 is 0 Å². The summed E-state index contributed by atoms with van der Waals surface area (Å²) in [5.74, 6) is -0.906.